The van der Waals surface area contributed by atoms with E-state index in [1.54, 1.807) is 19.1 Å². The van der Waals surface area contributed by atoms with Crippen molar-refractivity contribution in [1.82, 2.24) is 0 Å². The van der Waals surface area contributed by atoms with Gasteiger partial charge in [0, 0.05) is 0 Å². The minimum Gasteiger partial charge on any atom is -0.494 e. The van der Waals surface area contributed by atoms with Gasteiger partial charge in [-0.25, -0.2) is 4.79 Å². The van der Waals surface area contributed by atoms with Crippen molar-refractivity contribution in [1.29, 1.82) is 0 Å². The van der Waals surface area contributed by atoms with Crippen LogP contribution >= 0.6 is 0 Å². The fraction of sp³-hybridized carbons (Fsp3) is 0.462. The smallest absolute Gasteiger partial charge is 0.327 e. The zero-order valence-electron chi connectivity index (χ0n) is 10.3. The number of ether oxygens (including phenoxy) is 2. The van der Waals surface area contributed by atoms with E-state index in [2.05, 4.69) is 0 Å². The predicted molar refractivity (Wildman–Crippen MR) is 65.8 cm³/mol. The van der Waals surface area contributed by atoms with Gasteiger partial charge in [0.25, 0.3) is 0 Å². The van der Waals surface area contributed by atoms with E-state index in [1.807, 2.05) is 19.1 Å². The van der Waals surface area contributed by atoms with E-state index >= 15 is 0 Å². The summed E-state index contributed by atoms with van der Waals surface area (Å²) in [6, 6.07) is 6.46. The highest BCUT2D eigenvalue weighted by molar-refractivity contribution is 5.77. The third-order valence-electron chi connectivity index (χ3n) is 2.25. The van der Waals surface area contributed by atoms with Crippen molar-refractivity contribution in [3.8, 4) is 5.75 Å². The van der Waals surface area contributed by atoms with Gasteiger partial charge in [-0.2, -0.15) is 0 Å². The van der Waals surface area contributed by atoms with Gasteiger partial charge in [0.1, 0.15) is 11.8 Å². The molecule has 2 N–H and O–H groups in total. The zero-order valence-corrected chi connectivity index (χ0v) is 10.3. The lowest BCUT2D eigenvalue weighted by molar-refractivity contribution is -0.144. The molecule has 0 bridgehead atoms. The Morgan fingerprint density at radius 2 is 1.94 bits per heavy atom. The van der Waals surface area contributed by atoms with Crippen LogP contribution in [-0.4, -0.2) is 19.2 Å². The number of esters is 1. The molecule has 0 aliphatic heterocycles. The molecular weight excluding hydrogens is 218 g/mol. The van der Waals surface area contributed by atoms with E-state index in [-0.39, 0.29) is 0 Å². The molecule has 0 aromatic heterocycles. The Morgan fingerprint density at radius 3 is 2.47 bits per heavy atom. The maximum absolute atomic E-state index is 11.4. The minimum absolute atomic E-state index is 0.338. The molecule has 4 nitrogen and oxygen atoms in total. The molecule has 0 saturated carbocycles. The molecule has 0 unspecified atom stereocenters. The van der Waals surface area contributed by atoms with Crippen molar-refractivity contribution in [3.05, 3.63) is 29.8 Å². The van der Waals surface area contributed by atoms with Gasteiger partial charge in [-0.1, -0.05) is 19.1 Å². The lowest BCUT2D eigenvalue weighted by Crippen LogP contribution is -2.23. The van der Waals surface area contributed by atoms with Crippen LogP contribution < -0.4 is 10.5 Å². The van der Waals surface area contributed by atoms with Crippen LogP contribution in [0.1, 0.15) is 31.9 Å². The fourth-order valence-electron chi connectivity index (χ4n) is 1.36. The Balaban J connectivity index is 2.63. The van der Waals surface area contributed by atoms with Crippen molar-refractivity contribution in [2.75, 3.05) is 13.2 Å². The summed E-state index contributed by atoms with van der Waals surface area (Å²) in [5.41, 5.74) is 6.49. The van der Waals surface area contributed by atoms with E-state index in [0.717, 1.165) is 17.7 Å². The van der Waals surface area contributed by atoms with E-state index < -0.39 is 12.0 Å². The van der Waals surface area contributed by atoms with Crippen LogP contribution in [0.2, 0.25) is 0 Å². The van der Waals surface area contributed by atoms with Crippen LogP contribution in [0.3, 0.4) is 0 Å². The van der Waals surface area contributed by atoms with Gasteiger partial charge in [0.05, 0.1) is 13.2 Å². The van der Waals surface area contributed by atoms with E-state index in [4.69, 9.17) is 15.2 Å². The number of benzene rings is 1. The van der Waals surface area contributed by atoms with Crippen LogP contribution in [0, 0.1) is 0 Å². The van der Waals surface area contributed by atoms with Gasteiger partial charge in [0.15, 0.2) is 0 Å². The van der Waals surface area contributed by atoms with Gasteiger partial charge in [-0.15, -0.1) is 0 Å². The van der Waals surface area contributed by atoms with Crippen molar-refractivity contribution >= 4 is 5.97 Å². The number of nitrogens with two attached hydrogens (primary N) is 1. The molecule has 1 aromatic carbocycles. The summed E-state index contributed by atoms with van der Waals surface area (Å²) in [5.74, 6) is 0.376. The highest BCUT2D eigenvalue weighted by Gasteiger charge is 2.16. The van der Waals surface area contributed by atoms with Crippen LogP contribution in [0.25, 0.3) is 0 Å². The Morgan fingerprint density at radius 1 is 1.29 bits per heavy atom. The number of hydrogen-bond donors (Lipinski definition) is 1. The molecule has 1 atom stereocenters. The van der Waals surface area contributed by atoms with Crippen LogP contribution in [-0.2, 0) is 9.53 Å². The first kappa shape index (κ1) is 13.5. The second-order valence-corrected chi connectivity index (χ2v) is 3.65. The molecule has 0 saturated heterocycles. The maximum Gasteiger partial charge on any atom is 0.327 e. The largest absolute Gasteiger partial charge is 0.494 e. The standard InChI is InChI=1S/C13H19NO3/c1-3-9-17-11-7-5-10(6-8-11)12(14)13(15)16-4-2/h5-8,12H,3-4,9,14H2,1-2H3/t12-/m0/s1. The Hall–Kier alpha value is -1.55. The Kier molecular flexibility index (Phi) is 5.49. The molecule has 4 heteroatoms. The lowest BCUT2D eigenvalue weighted by atomic mass is 10.1. The number of carbonyl (C=O) groups excluding carboxylic acids is 1. The summed E-state index contributed by atoms with van der Waals surface area (Å²) < 4.78 is 10.3. The molecule has 0 spiro atoms. The van der Waals surface area contributed by atoms with Gasteiger partial charge in [-0.05, 0) is 31.0 Å². The van der Waals surface area contributed by atoms with Gasteiger partial charge in [-0.3, -0.25) is 0 Å². The summed E-state index contributed by atoms with van der Waals surface area (Å²) in [4.78, 5) is 11.4. The quantitative estimate of drug-likeness (QED) is 0.769. The van der Waals surface area contributed by atoms with Gasteiger partial charge >= 0.3 is 5.97 Å². The van der Waals surface area contributed by atoms with Crippen molar-refractivity contribution < 1.29 is 14.3 Å². The lowest BCUT2D eigenvalue weighted by Gasteiger charge is -2.11. The summed E-state index contributed by atoms with van der Waals surface area (Å²) in [5, 5.41) is 0. The van der Waals surface area contributed by atoms with Crippen molar-refractivity contribution in [2.45, 2.75) is 26.3 Å². The minimum atomic E-state index is -0.727. The van der Waals surface area contributed by atoms with Crippen LogP contribution in [0.5, 0.6) is 5.75 Å². The highest BCUT2D eigenvalue weighted by atomic mass is 16.5. The molecule has 0 radical (unpaired) electrons. The molecule has 0 fully saturated rings. The average molecular weight is 237 g/mol. The predicted octanol–water partition coefficient (Wildman–Crippen LogP) is 2.04. The summed E-state index contributed by atoms with van der Waals surface area (Å²) in [7, 11) is 0. The first-order valence-corrected chi connectivity index (χ1v) is 5.84. The molecule has 1 aromatic rings. The third-order valence-corrected chi connectivity index (χ3v) is 2.25. The second-order valence-electron chi connectivity index (χ2n) is 3.65. The molecule has 0 amide bonds. The topological polar surface area (TPSA) is 61.5 Å². The zero-order chi connectivity index (χ0) is 12.7. The van der Waals surface area contributed by atoms with Crippen molar-refractivity contribution in [3.63, 3.8) is 0 Å². The Labute approximate surface area is 102 Å². The van der Waals surface area contributed by atoms with Gasteiger partial charge < -0.3 is 15.2 Å². The molecule has 0 aliphatic rings. The maximum atomic E-state index is 11.4. The van der Waals surface area contributed by atoms with Crippen LogP contribution in [0.4, 0.5) is 0 Å². The first-order chi connectivity index (χ1) is 8.19. The average Bonchev–Trinajstić information content (AvgIpc) is 2.36. The van der Waals surface area contributed by atoms with Crippen molar-refractivity contribution in [2.24, 2.45) is 5.73 Å². The van der Waals surface area contributed by atoms with Gasteiger partial charge in [0.2, 0.25) is 0 Å². The van der Waals surface area contributed by atoms with E-state index in [1.165, 1.54) is 0 Å². The molecular formula is C13H19NO3. The normalized spacial score (nSPS) is 11.9. The molecule has 1 rings (SSSR count). The summed E-state index contributed by atoms with van der Waals surface area (Å²) in [6.45, 7) is 4.82. The summed E-state index contributed by atoms with van der Waals surface area (Å²) in [6.07, 6.45) is 0.962. The fourth-order valence-corrected chi connectivity index (χ4v) is 1.36. The highest BCUT2D eigenvalue weighted by Crippen LogP contribution is 2.17. The summed E-state index contributed by atoms with van der Waals surface area (Å²) >= 11 is 0. The van der Waals surface area contributed by atoms with E-state index in [9.17, 15) is 4.79 Å². The monoisotopic (exact) mass is 237 g/mol. The van der Waals surface area contributed by atoms with E-state index in [0.29, 0.717) is 13.2 Å². The molecule has 0 aliphatic carbocycles. The third kappa shape index (κ3) is 4.07. The number of rotatable bonds is 6. The first-order valence-electron chi connectivity index (χ1n) is 5.84. The van der Waals surface area contributed by atoms with Crippen LogP contribution in [0.15, 0.2) is 24.3 Å². The number of carbonyl (C=O) groups is 1. The molecule has 0 heterocycles. The molecule has 94 valence electrons. The second kappa shape index (κ2) is 6.91. The SMILES string of the molecule is CCCOc1ccc([C@H](N)C(=O)OCC)cc1. The Bertz CT molecular complexity index is 348. The molecule has 17 heavy (non-hydrogen) atoms. The number of hydrogen-bond acceptors (Lipinski definition) is 4.